The maximum absolute atomic E-state index is 5.65. The van der Waals surface area contributed by atoms with Crippen molar-refractivity contribution in [1.29, 1.82) is 0 Å². The van der Waals surface area contributed by atoms with Crippen LogP contribution in [-0.4, -0.2) is 12.7 Å². The van der Waals surface area contributed by atoms with Gasteiger partial charge < -0.3 is 4.74 Å². The molecule has 1 aliphatic rings. The minimum Gasteiger partial charge on any atom is -0.378 e. The van der Waals surface area contributed by atoms with Crippen LogP contribution >= 0.6 is 0 Å². The highest BCUT2D eigenvalue weighted by Crippen LogP contribution is 2.24. The fourth-order valence-electron chi connectivity index (χ4n) is 2.00. The van der Waals surface area contributed by atoms with E-state index in [2.05, 4.69) is 37.3 Å². The van der Waals surface area contributed by atoms with Crippen LogP contribution in [0.3, 0.4) is 0 Å². The van der Waals surface area contributed by atoms with Crippen LogP contribution in [0.4, 0.5) is 0 Å². The first-order chi connectivity index (χ1) is 6.86. The van der Waals surface area contributed by atoms with Crippen molar-refractivity contribution in [3.63, 3.8) is 0 Å². The molecule has 1 atom stereocenters. The van der Waals surface area contributed by atoms with Gasteiger partial charge in [0.15, 0.2) is 0 Å². The highest BCUT2D eigenvalue weighted by molar-refractivity contribution is 5.19. The molecule has 14 heavy (non-hydrogen) atoms. The molecule has 1 aromatic carbocycles. The Morgan fingerprint density at radius 1 is 1.36 bits per heavy atom. The lowest BCUT2D eigenvalue weighted by molar-refractivity contribution is 0.119. The van der Waals surface area contributed by atoms with Crippen LogP contribution in [0.15, 0.2) is 30.3 Å². The molecule has 75 valence electrons. The smallest absolute Gasteiger partial charge is 0.0639 e. The molecule has 1 fully saturated rings. The third-order valence-corrected chi connectivity index (χ3v) is 2.81. The SMILES string of the molecule is C[C](Cc1ccccc1)C1CCCO1. The van der Waals surface area contributed by atoms with E-state index in [-0.39, 0.29) is 0 Å². The van der Waals surface area contributed by atoms with Gasteiger partial charge in [-0.1, -0.05) is 37.3 Å². The predicted molar refractivity (Wildman–Crippen MR) is 58.0 cm³/mol. The summed E-state index contributed by atoms with van der Waals surface area (Å²) in [6, 6.07) is 10.6. The van der Waals surface area contributed by atoms with Crippen molar-refractivity contribution in [3.05, 3.63) is 41.8 Å². The van der Waals surface area contributed by atoms with Crippen molar-refractivity contribution >= 4 is 0 Å². The molecule has 1 radical (unpaired) electrons. The average Bonchev–Trinajstić information content (AvgIpc) is 2.72. The van der Waals surface area contributed by atoms with Gasteiger partial charge >= 0.3 is 0 Å². The summed E-state index contributed by atoms with van der Waals surface area (Å²) in [5.41, 5.74) is 1.39. The zero-order chi connectivity index (χ0) is 9.80. The zero-order valence-electron chi connectivity index (χ0n) is 8.70. The molecule has 0 aromatic heterocycles. The summed E-state index contributed by atoms with van der Waals surface area (Å²) < 4.78 is 5.65. The van der Waals surface area contributed by atoms with Crippen LogP contribution in [-0.2, 0) is 11.2 Å². The molecule has 1 nitrogen and oxygen atoms in total. The summed E-state index contributed by atoms with van der Waals surface area (Å²) in [6.07, 6.45) is 3.90. The van der Waals surface area contributed by atoms with Gasteiger partial charge in [-0.3, -0.25) is 0 Å². The lowest BCUT2D eigenvalue weighted by Gasteiger charge is -2.17. The van der Waals surface area contributed by atoms with E-state index in [1.807, 2.05) is 0 Å². The van der Waals surface area contributed by atoms with Gasteiger partial charge in [-0.25, -0.2) is 0 Å². The predicted octanol–water partition coefficient (Wildman–Crippen LogP) is 3.00. The quantitative estimate of drug-likeness (QED) is 0.710. The molecule has 2 rings (SSSR count). The van der Waals surface area contributed by atoms with Crippen molar-refractivity contribution in [3.8, 4) is 0 Å². The Morgan fingerprint density at radius 3 is 2.79 bits per heavy atom. The van der Waals surface area contributed by atoms with E-state index in [1.54, 1.807) is 0 Å². The van der Waals surface area contributed by atoms with Crippen LogP contribution in [0.25, 0.3) is 0 Å². The lowest BCUT2D eigenvalue weighted by Crippen LogP contribution is -2.16. The number of rotatable bonds is 3. The van der Waals surface area contributed by atoms with Crippen molar-refractivity contribution in [2.45, 2.75) is 32.3 Å². The highest BCUT2D eigenvalue weighted by Gasteiger charge is 2.22. The van der Waals surface area contributed by atoms with Crippen LogP contribution in [0.5, 0.6) is 0 Å². The molecule has 1 aromatic rings. The Labute approximate surface area is 86.1 Å². The topological polar surface area (TPSA) is 9.23 Å². The number of hydrogen-bond donors (Lipinski definition) is 0. The molecule has 0 amide bonds. The van der Waals surface area contributed by atoms with Gasteiger partial charge in [0.2, 0.25) is 0 Å². The number of ether oxygens (including phenoxy) is 1. The monoisotopic (exact) mass is 189 g/mol. The first-order valence-electron chi connectivity index (χ1n) is 5.34. The minimum atomic E-state index is 0.412. The van der Waals surface area contributed by atoms with Gasteiger partial charge in [0.25, 0.3) is 0 Å². The van der Waals surface area contributed by atoms with Crippen molar-refractivity contribution in [1.82, 2.24) is 0 Å². The number of hydrogen-bond acceptors (Lipinski definition) is 1. The normalized spacial score (nSPS) is 21.7. The molecule has 1 saturated heterocycles. The van der Waals surface area contributed by atoms with Crippen LogP contribution in [0, 0.1) is 5.92 Å². The van der Waals surface area contributed by atoms with Crippen LogP contribution in [0.2, 0.25) is 0 Å². The van der Waals surface area contributed by atoms with Gasteiger partial charge in [-0.2, -0.15) is 0 Å². The first-order valence-corrected chi connectivity index (χ1v) is 5.34. The molecular formula is C13H17O. The van der Waals surface area contributed by atoms with Crippen LogP contribution < -0.4 is 0 Å². The summed E-state index contributed by atoms with van der Waals surface area (Å²) in [5.74, 6) is 1.47. The van der Waals surface area contributed by atoms with Crippen molar-refractivity contribution in [2.75, 3.05) is 6.61 Å². The third kappa shape index (κ3) is 2.36. The Hall–Kier alpha value is -0.820. The van der Waals surface area contributed by atoms with Gasteiger partial charge in [0.1, 0.15) is 0 Å². The Morgan fingerprint density at radius 2 is 2.14 bits per heavy atom. The fourth-order valence-corrected chi connectivity index (χ4v) is 2.00. The molecule has 1 aliphatic heterocycles. The molecule has 1 heteroatoms. The summed E-state index contributed by atoms with van der Waals surface area (Å²) in [4.78, 5) is 0. The molecule has 0 N–H and O–H groups in total. The maximum atomic E-state index is 5.65. The molecule has 1 heterocycles. The first kappa shape index (κ1) is 9.72. The molecule has 0 saturated carbocycles. The average molecular weight is 189 g/mol. The Balaban J connectivity index is 1.90. The van der Waals surface area contributed by atoms with Gasteiger partial charge in [-0.15, -0.1) is 0 Å². The largest absolute Gasteiger partial charge is 0.378 e. The molecule has 0 bridgehead atoms. The van der Waals surface area contributed by atoms with E-state index in [0.717, 1.165) is 13.0 Å². The van der Waals surface area contributed by atoms with E-state index in [0.29, 0.717) is 6.10 Å². The Kier molecular flexibility index (Phi) is 3.20. The summed E-state index contributed by atoms with van der Waals surface area (Å²) in [6.45, 7) is 3.15. The minimum absolute atomic E-state index is 0.412. The highest BCUT2D eigenvalue weighted by atomic mass is 16.5. The van der Waals surface area contributed by atoms with Crippen molar-refractivity contribution < 1.29 is 4.74 Å². The molecule has 0 aliphatic carbocycles. The zero-order valence-corrected chi connectivity index (χ0v) is 8.70. The second-order valence-electron chi connectivity index (χ2n) is 4.01. The summed E-state index contributed by atoms with van der Waals surface area (Å²) in [5, 5.41) is 0. The maximum Gasteiger partial charge on any atom is 0.0639 e. The van der Waals surface area contributed by atoms with Crippen LogP contribution in [0.1, 0.15) is 25.3 Å². The Bertz CT molecular complexity index is 262. The third-order valence-electron chi connectivity index (χ3n) is 2.81. The van der Waals surface area contributed by atoms with E-state index in [4.69, 9.17) is 4.74 Å². The molecule has 0 spiro atoms. The van der Waals surface area contributed by atoms with Gasteiger partial charge in [0.05, 0.1) is 6.10 Å². The summed E-state index contributed by atoms with van der Waals surface area (Å²) in [7, 11) is 0. The number of benzene rings is 1. The van der Waals surface area contributed by atoms with Gasteiger partial charge in [-0.05, 0) is 24.8 Å². The standard InChI is InChI=1S/C13H17O/c1-11(13-8-5-9-14-13)10-12-6-3-2-4-7-12/h2-4,6-7,13H,5,8-10H2,1H3. The fraction of sp³-hybridized carbons (Fsp3) is 0.462. The lowest BCUT2D eigenvalue weighted by atomic mass is 9.94. The molecule has 1 unspecified atom stereocenters. The second-order valence-corrected chi connectivity index (χ2v) is 4.01. The van der Waals surface area contributed by atoms with E-state index >= 15 is 0 Å². The van der Waals surface area contributed by atoms with E-state index in [1.165, 1.54) is 24.3 Å². The van der Waals surface area contributed by atoms with Crippen molar-refractivity contribution in [2.24, 2.45) is 0 Å². The summed E-state index contributed by atoms with van der Waals surface area (Å²) >= 11 is 0. The van der Waals surface area contributed by atoms with E-state index in [9.17, 15) is 0 Å². The second kappa shape index (κ2) is 4.61. The molecular weight excluding hydrogens is 172 g/mol. The van der Waals surface area contributed by atoms with E-state index < -0.39 is 0 Å². The van der Waals surface area contributed by atoms with Gasteiger partial charge in [0, 0.05) is 12.5 Å².